The summed E-state index contributed by atoms with van der Waals surface area (Å²) in [6.07, 6.45) is 4.70. The predicted octanol–water partition coefficient (Wildman–Crippen LogP) is 1.24. The monoisotopic (exact) mass is 248 g/mol. The molecule has 0 bridgehead atoms. The van der Waals surface area contributed by atoms with Crippen molar-refractivity contribution in [3.05, 3.63) is 30.1 Å². The van der Waals surface area contributed by atoms with Gasteiger partial charge in [0.05, 0.1) is 12.0 Å². The molecular formula is C14H20N2O2. The number of nitrogens with zero attached hydrogens (tertiary/aromatic N) is 2. The predicted molar refractivity (Wildman–Crippen MR) is 68.9 cm³/mol. The van der Waals surface area contributed by atoms with Crippen LogP contribution >= 0.6 is 0 Å². The zero-order valence-corrected chi connectivity index (χ0v) is 11.0. The van der Waals surface area contributed by atoms with Crippen LogP contribution in [0.3, 0.4) is 0 Å². The maximum Gasteiger partial charge on any atom is 0.227 e. The molecule has 18 heavy (non-hydrogen) atoms. The molecule has 1 aliphatic heterocycles. The summed E-state index contributed by atoms with van der Waals surface area (Å²) in [5.41, 5.74) is 0.285. The minimum Gasteiger partial charge on any atom is -0.390 e. The van der Waals surface area contributed by atoms with E-state index in [4.69, 9.17) is 0 Å². The standard InChI is InChI=1S/C14H20N2O2/c1-14(2,18)12-5-8-16(10-12)13(17)9-11-3-6-15-7-4-11/h3-4,6-7,12,18H,5,8-10H2,1-2H3/t12-/m1/s1. The Kier molecular flexibility index (Phi) is 3.66. The highest BCUT2D eigenvalue weighted by Crippen LogP contribution is 2.27. The molecule has 1 saturated heterocycles. The van der Waals surface area contributed by atoms with Gasteiger partial charge in [-0.2, -0.15) is 0 Å². The van der Waals surface area contributed by atoms with Crippen LogP contribution < -0.4 is 0 Å². The van der Waals surface area contributed by atoms with Crippen LogP contribution in [0.1, 0.15) is 25.8 Å². The summed E-state index contributed by atoms with van der Waals surface area (Å²) in [6, 6.07) is 3.73. The number of pyridine rings is 1. The van der Waals surface area contributed by atoms with Crippen molar-refractivity contribution in [1.82, 2.24) is 9.88 Å². The van der Waals surface area contributed by atoms with Gasteiger partial charge < -0.3 is 10.0 Å². The minimum atomic E-state index is -0.703. The second-order valence-corrected chi connectivity index (χ2v) is 5.51. The molecule has 1 N–H and O–H groups in total. The van der Waals surface area contributed by atoms with Gasteiger partial charge in [0.15, 0.2) is 0 Å². The summed E-state index contributed by atoms with van der Waals surface area (Å²) in [4.78, 5) is 17.9. The smallest absolute Gasteiger partial charge is 0.227 e. The summed E-state index contributed by atoms with van der Waals surface area (Å²) < 4.78 is 0. The van der Waals surface area contributed by atoms with Gasteiger partial charge in [0.1, 0.15) is 0 Å². The first-order valence-electron chi connectivity index (χ1n) is 6.36. The Labute approximate surface area is 108 Å². The van der Waals surface area contributed by atoms with E-state index in [2.05, 4.69) is 4.98 Å². The third kappa shape index (κ3) is 3.07. The second-order valence-electron chi connectivity index (χ2n) is 5.51. The highest BCUT2D eigenvalue weighted by molar-refractivity contribution is 5.79. The Morgan fingerprint density at radius 2 is 2.17 bits per heavy atom. The van der Waals surface area contributed by atoms with Crippen molar-refractivity contribution < 1.29 is 9.90 Å². The van der Waals surface area contributed by atoms with Gasteiger partial charge in [0.25, 0.3) is 0 Å². The molecule has 1 atom stereocenters. The number of rotatable bonds is 3. The zero-order valence-electron chi connectivity index (χ0n) is 11.0. The van der Waals surface area contributed by atoms with E-state index in [0.717, 1.165) is 18.5 Å². The SMILES string of the molecule is CC(C)(O)[C@@H]1CCN(C(=O)Cc2ccncc2)C1. The van der Waals surface area contributed by atoms with Crippen LogP contribution in [0, 0.1) is 5.92 Å². The number of carbonyl (C=O) groups is 1. The molecule has 0 aliphatic carbocycles. The number of amides is 1. The van der Waals surface area contributed by atoms with Crippen LogP contribution in [0.4, 0.5) is 0 Å². The maximum atomic E-state index is 12.1. The minimum absolute atomic E-state index is 0.132. The lowest BCUT2D eigenvalue weighted by Crippen LogP contribution is -2.36. The lowest BCUT2D eigenvalue weighted by atomic mass is 9.90. The Bertz CT molecular complexity index is 412. The summed E-state index contributed by atoms with van der Waals surface area (Å²) >= 11 is 0. The van der Waals surface area contributed by atoms with Crippen LogP contribution in [0.5, 0.6) is 0 Å². The molecule has 0 saturated carbocycles. The maximum absolute atomic E-state index is 12.1. The van der Waals surface area contributed by atoms with Crippen molar-refractivity contribution in [2.45, 2.75) is 32.3 Å². The number of hydrogen-bond acceptors (Lipinski definition) is 3. The fourth-order valence-electron chi connectivity index (χ4n) is 2.35. The van der Waals surface area contributed by atoms with Gasteiger partial charge in [0, 0.05) is 31.4 Å². The van der Waals surface area contributed by atoms with E-state index in [1.165, 1.54) is 0 Å². The van der Waals surface area contributed by atoms with E-state index in [1.54, 1.807) is 12.4 Å². The number of hydrogen-bond donors (Lipinski definition) is 1. The highest BCUT2D eigenvalue weighted by Gasteiger charge is 2.35. The third-order valence-electron chi connectivity index (χ3n) is 3.64. The van der Waals surface area contributed by atoms with Crippen molar-refractivity contribution in [3.8, 4) is 0 Å². The molecule has 1 aromatic rings. The topological polar surface area (TPSA) is 53.4 Å². The Balaban J connectivity index is 1.92. The van der Waals surface area contributed by atoms with Gasteiger partial charge in [-0.3, -0.25) is 9.78 Å². The van der Waals surface area contributed by atoms with Gasteiger partial charge >= 0.3 is 0 Å². The van der Waals surface area contributed by atoms with Crippen LogP contribution in [0.15, 0.2) is 24.5 Å². The highest BCUT2D eigenvalue weighted by atomic mass is 16.3. The summed E-state index contributed by atoms with van der Waals surface area (Å²) in [6.45, 7) is 5.04. The molecule has 2 heterocycles. The Morgan fingerprint density at radius 1 is 1.50 bits per heavy atom. The molecule has 1 aromatic heterocycles. The number of likely N-dealkylation sites (tertiary alicyclic amines) is 1. The second kappa shape index (κ2) is 5.06. The normalized spacial score (nSPS) is 20.2. The zero-order chi connectivity index (χ0) is 13.2. The Morgan fingerprint density at radius 3 is 2.72 bits per heavy atom. The molecule has 2 rings (SSSR count). The van der Waals surface area contributed by atoms with E-state index < -0.39 is 5.60 Å². The van der Waals surface area contributed by atoms with Gasteiger partial charge in [-0.05, 0) is 38.0 Å². The number of carbonyl (C=O) groups excluding carboxylic acids is 1. The van der Waals surface area contributed by atoms with Gasteiger partial charge in [-0.1, -0.05) is 0 Å². The molecule has 0 spiro atoms. The summed E-state index contributed by atoms with van der Waals surface area (Å²) in [5.74, 6) is 0.312. The van der Waals surface area contributed by atoms with Gasteiger partial charge in [0.2, 0.25) is 5.91 Å². The summed E-state index contributed by atoms with van der Waals surface area (Å²) in [5, 5.41) is 9.96. The van der Waals surface area contributed by atoms with Crippen LogP contribution in [-0.4, -0.2) is 39.6 Å². The van der Waals surface area contributed by atoms with E-state index in [1.807, 2.05) is 30.9 Å². The molecule has 4 nitrogen and oxygen atoms in total. The van der Waals surface area contributed by atoms with Crippen molar-refractivity contribution in [1.29, 1.82) is 0 Å². The molecule has 0 radical (unpaired) electrons. The fourth-order valence-corrected chi connectivity index (χ4v) is 2.35. The van der Waals surface area contributed by atoms with E-state index in [9.17, 15) is 9.90 Å². The Hall–Kier alpha value is -1.42. The first kappa shape index (κ1) is 13.0. The van der Waals surface area contributed by atoms with Crippen LogP contribution in [-0.2, 0) is 11.2 Å². The van der Waals surface area contributed by atoms with E-state index >= 15 is 0 Å². The van der Waals surface area contributed by atoms with Crippen molar-refractivity contribution in [3.63, 3.8) is 0 Å². The van der Waals surface area contributed by atoms with Crippen LogP contribution in [0.25, 0.3) is 0 Å². The lowest BCUT2D eigenvalue weighted by molar-refractivity contribution is -0.129. The van der Waals surface area contributed by atoms with Crippen molar-refractivity contribution in [2.75, 3.05) is 13.1 Å². The molecule has 1 aliphatic rings. The first-order chi connectivity index (χ1) is 8.47. The molecule has 1 amide bonds. The fraction of sp³-hybridized carbons (Fsp3) is 0.571. The first-order valence-corrected chi connectivity index (χ1v) is 6.36. The molecule has 4 heteroatoms. The molecule has 0 aromatic carbocycles. The lowest BCUT2D eigenvalue weighted by Gasteiger charge is -2.25. The van der Waals surface area contributed by atoms with E-state index in [-0.39, 0.29) is 11.8 Å². The molecule has 0 unspecified atom stereocenters. The van der Waals surface area contributed by atoms with Crippen LogP contribution in [0.2, 0.25) is 0 Å². The largest absolute Gasteiger partial charge is 0.390 e. The number of aromatic nitrogens is 1. The van der Waals surface area contributed by atoms with Crippen molar-refractivity contribution >= 4 is 5.91 Å². The third-order valence-corrected chi connectivity index (χ3v) is 3.64. The average Bonchev–Trinajstić information content (AvgIpc) is 2.79. The number of aliphatic hydroxyl groups is 1. The van der Waals surface area contributed by atoms with Gasteiger partial charge in [-0.15, -0.1) is 0 Å². The molecular weight excluding hydrogens is 228 g/mol. The summed E-state index contributed by atoms with van der Waals surface area (Å²) in [7, 11) is 0. The quantitative estimate of drug-likeness (QED) is 0.875. The van der Waals surface area contributed by atoms with Gasteiger partial charge in [-0.25, -0.2) is 0 Å². The molecule has 98 valence electrons. The molecule has 1 fully saturated rings. The van der Waals surface area contributed by atoms with Crippen molar-refractivity contribution in [2.24, 2.45) is 5.92 Å². The van der Waals surface area contributed by atoms with E-state index in [0.29, 0.717) is 13.0 Å². The average molecular weight is 248 g/mol.